The van der Waals surface area contributed by atoms with Gasteiger partial charge in [0.2, 0.25) is 0 Å². The molecule has 3 nitrogen and oxygen atoms in total. The summed E-state index contributed by atoms with van der Waals surface area (Å²) >= 11 is 0. The number of hydrogen-bond acceptors (Lipinski definition) is 3. The van der Waals surface area contributed by atoms with Gasteiger partial charge in [-0.2, -0.15) is 0 Å². The highest BCUT2D eigenvalue weighted by atomic mass is 16.5. The molecule has 0 bridgehead atoms. The monoisotopic (exact) mass is 236 g/mol. The third kappa shape index (κ3) is 4.19. The van der Waals surface area contributed by atoms with Crippen LogP contribution in [0.1, 0.15) is 34.3 Å². The van der Waals surface area contributed by atoms with Crippen molar-refractivity contribution in [2.24, 2.45) is 0 Å². The first-order valence-corrected chi connectivity index (χ1v) is 5.86. The third-order valence-electron chi connectivity index (χ3n) is 2.71. The lowest BCUT2D eigenvalue weighted by atomic mass is 9.99. The summed E-state index contributed by atoms with van der Waals surface area (Å²) in [6, 6.07) is 5.83. The average Bonchev–Trinajstić information content (AvgIpc) is 2.34. The Morgan fingerprint density at radius 1 is 1.24 bits per heavy atom. The standard InChI is InChI=1S/C14H20O3/c1-11-7-8-13(14(15)17-3)12(10-11)6-4-5-9-16-2/h7-8,10H,4-6,9H2,1-3H3. The number of unbranched alkanes of at least 4 members (excludes halogenated alkanes) is 1. The minimum Gasteiger partial charge on any atom is -0.465 e. The molecule has 1 aromatic carbocycles. The molecule has 0 spiro atoms. The number of carbonyl (C=O) groups excluding carboxylic acids is 1. The Hall–Kier alpha value is -1.35. The van der Waals surface area contributed by atoms with E-state index in [-0.39, 0.29) is 5.97 Å². The van der Waals surface area contributed by atoms with E-state index in [1.165, 1.54) is 12.7 Å². The smallest absolute Gasteiger partial charge is 0.338 e. The molecule has 1 aromatic rings. The Morgan fingerprint density at radius 3 is 2.65 bits per heavy atom. The fraction of sp³-hybridized carbons (Fsp3) is 0.500. The van der Waals surface area contributed by atoms with Gasteiger partial charge in [0.25, 0.3) is 0 Å². The van der Waals surface area contributed by atoms with Crippen LogP contribution in [0.3, 0.4) is 0 Å². The fourth-order valence-electron chi connectivity index (χ4n) is 1.80. The van der Waals surface area contributed by atoms with Crippen molar-refractivity contribution < 1.29 is 14.3 Å². The Balaban J connectivity index is 2.73. The normalized spacial score (nSPS) is 10.3. The number of ether oxygens (including phenoxy) is 2. The zero-order chi connectivity index (χ0) is 12.7. The first-order valence-electron chi connectivity index (χ1n) is 5.86. The van der Waals surface area contributed by atoms with Gasteiger partial charge in [-0.3, -0.25) is 0 Å². The van der Waals surface area contributed by atoms with E-state index in [2.05, 4.69) is 6.07 Å². The lowest BCUT2D eigenvalue weighted by molar-refractivity contribution is 0.0599. The number of methoxy groups -OCH3 is 2. The fourth-order valence-corrected chi connectivity index (χ4v) is 1.80. The molecule has 0 saturated heterocycles. The van der Waals surface area contributed by atoms with Crippen molar-refractivity contribution in [3.05, 3.63) is 34.9 Å². The summed E-state index contributed by atoms with van der Waals surface area (Å²) in [5, 5.41) is 0. The molecular weight excluding hydrogens is 216 g/mol. The van der Waals surface area contributed by atoms with Gasteiger partial charge in [0.15, 0.2) is 0 Å². The summed E-state index contributed by atoms with van der Waals surface area (Å²) < 4.78 is 9.79. The number of benzene rings is 1. The summed E-state index contributed by atoms with van der Waals surface area (Å²) in [5.41, 5.74) is 2.91. The predicted molar refractivity (Wildman–Crippen MR) is 67.3 cm³/mol. The van der Waals surface area contributed by atoms with Crippen molar-refractivity contribution in [1.29, 1.82) is 0 Å². The summed E-state index contributed by atoms with van der Waals surface area (Å²) in [6.07, 6.45) is 2.90. The van der Waals surface area contributed by atoms with Crippen molar-refractivity contribution >= 4 is 5.97 Å². The molecule has 17 heavy (non-hydrogen) atoms. The quantitative estimate of drug-likeness (QED) is 0.563. The Labute approximate surface area is 103 Å². The van der Waals surface area contributed by atoms with Gasteiger partial charge >= 0.3 is 5.97 Å². The maximum Gasteiger partial charge on any atom is 0.338 e. The lowest BCUT2D eigenvalue weighted by Crippen LogP contribution is -2.06. The summed E-state index contributed by atoms with van der Waals surface area (Å²) in [7, 11) is 3.11. The van der Waals surface area contributed by atoms with Crippen molar-refractivity contribution in [3.63, 3.8) is 0 Å². The molecule has 0 unspecified atom stereocenters. The molecule has 0 aliphatic rings. The second kappa shape index (κ2) is 7.07. The predicted octanol–water partition coefficient (Wildman–Crippen LogP) is 2.75. The zero-order valence-electron chi connectivity index (χ0n) is 10.8. The van der Waals surface area contributed by atoms with Crippen LogP contribution in [0.4, 0.5) is 0 Å². The molecule has 1 rings (SSSR count). The van der Waals surface area contributed by atoms with E-state index >= 15 is 0 Å². The van der Waals surface area contributed by atoms with Gasteiger partial charge in [0.1, 0.15) is 0 Å². The maximum atomic E-state index is 11.6. The topological polar surface area (TPSA) is 35.5 Å². The van der Waals surface area contributed by atoms with Gasteiger partial charge in [0, 0.05) is 13.7 Å². The van der Waals surface area contributed by atoms with Gasteiger partial charge in [-0.15, -0.1) is 0 Å². The van der Waals surface area contributed by atoms with Crippen molar-refractivity contribution in [3.8, 4) is 0 Å². The van der Waals surface area contributed by atoms with Gasteiger partial charge in [-0.1, -0.05) is 17.7 Å². The molecule has 0 radical (unpaired) electrons. The van der Waals surface area contributed by atoms with E-state index in [1.54, 1.807) is 7.11 Å². The summed E-state index contributed by atoms with van der Waals surface area (Å²) in [6.45, 7) is 2.79. The largest absolute Gasteiger partial charge is 0.465 e. The summed E-state index contributed by atoms with van der Waals surface area (Å²) in [4.78, 5) is 11.6. The van der Waals surface area contributed by atoms with Crippen LogP contribution in [0.5, 0.6) is 0 Å². The van der Waals surface area contributed by atoms with E-state index in [4.69, 9.17) is 9.47 Å². The highest BCUT2D eigenvalue weighted by molar-refractivity contribution is 5.91. The van der Waals surface area contributed by atoms with Crippen molar-refractivity contribution in [2.45, 2.75) is 26.2 Å². The van der Waals surface area contributed by atoms with E-state index in [0.29, 0.717) is 5.56 Å². The lowest BCUT2D eigenvalue weighted by Gasteiger charge is -2.09. The number of esters is 1. The highest BCUT2D eigenvalue weighted by Crippen LogP contribution is 2.15. The molecule has 0 amide bonds. The first kappa shape index (κ1) is 13.7. The van der Waals surface area contributed by atoms with E-state index in [0.717, 1.165) is 31.4 Å². The van der Waals surface area contributed by atoms with Crippen LogP contribution in [0.2, 0.25) is 0 Å². The van der Waals surface area contributed by atoms with Crippen LogP contribution in [0, 0.1) is 6.92 Å². The van der Waals surface area contributed by atoms with Gasteiger partial charge in [0.05, 0.1) is 12.7 Å². The van der Waals surface area contributed by atoms with Crippen LogP contribution in [0.15, 0.2) is 18.2 Å². The zero-order valence-corrected chi connectivity index (χ0v) is 10.8. The van der Waals surface area contributed by atoms with E-state index in [1.807, 2.05) is 19.1 Å². The average molecular weight is 236 g/mol. The molecule has 94 valence electrons. The van der Waals surface area contributed by atoms with Crippen LogP contribution in [-0.2, 0) is 15.9 Å². The molecule has 3 heteroatoms. The number of carbonyl (C=O) groups is 1. The molecule has 0 atom stereocenters. The molecule has 0 fully saturated rings. The summed E-state index contributed by atoms with van der Waals surface area (Å²) in [5.74, 6) is -0.258. The molecule has 0 heterocycles. The molecule has 0 aromatic heterocycles. The molecular formula is C14H20O3. The van der Waals surface area contributed by atoms with Crippen LogP contribution < -0.4 is 0 Å². The molecule has 0 aliphatic carbocycles. The number of hydrogen-bond donors (Lipinski definition) is 0. The van der Waals surface area contributed by atoms with Gasteiger partial charge in [-0.05, 0) is 37.8 Å². The third-order valence-corrected chi connectivity index (χ3v) is 2.71. The maximum absolute atomic E-state index is 11.6. The van der Waals surface area contributed by atoms with Crippen LogP contribution >= 0.6 is 0 Å². The molecule has 0 saturated carbocycles. The number of rotatable bonds is 6. The minimum absolute atomic E-state index is 0.258. The Kier molecular flexibility index (Phi) is 5.70. The first-order chi connectivity index (χ1) is 8.19. The second-order valence-electron chi connectivity index (χ2n) is 4.10. The van der Waals surface area contributed by atoms with Crippen molar-refractivity contribution in [1.82, 2.24) is 0 Å². The SMILES string of the molecule is COCCCCc1cc(C)ccc1C(=O)OC. The second-order valence-corrected chi connectivity index (χ2v) is 4.10. The number of aryl methyl sites for hydroxylation is 2. The van der Waals surface area contributed by atoms with Crippen LogP contribution in [0.25, 0.3) is 0 Å². The van der Waals surface area contributed by atoms with Crippen molar-refractivity contribution in [2.75, 3.05) is 20.8 Å². The van der Waals surface area contributed by atoms with E-state index in [9.17, 15) is 4.79 Å². The van der Waals surface area contributed by atoms with Gasteiger partial charge < -0.3 is 9.47 Å². The molecule has 0 aliphatic heterocycles. The van der Waals surface area contributed by atoms with Crippen LogP contribution in [-0.4, -0.2) is 26.8 Å². The van der Waals surface area contributed by atoms with Gasteiger partial charge in [-0.25, -0.2) is 4.79 Å². The minimum atomic E-state index is -0.258. The Bertz CT molecular complexity index is 372. The molecule has 0 N–H and O–H groups in total. The highest BCUT2D eigenvalue weighted by Gasteiger charge is 2.11. The van der Waals surface area contributed by atoms with E-state index < -0.39 is 0 Å². The Morgan fingerprint density at radius 2 is 2.00 bits per heavy atom.